The van der Waals surface area contributed by atoms with Crippen molar-refractivity contribution >= 4 is 11.9 Å². The summed E-state index contributed by atoms with van der Waals surface area (Å²) in [6.45, 7) is 9.51. The number of hydrogen-bond acceptors (Lipinski definition) is 4. The zero-order valence-corrected chi connectivity index (χ0v) is 22.3. The van der Waals surface area contributed by atoms with Gasteiger partial charge in [0.15, 0.2) is 0 Å². The average molecular weight is 391 g/mol. The minimum Gasteiger partial charge on any atom is -1.00 e. The van der Waals surface area contributed by atoms with E-state index in [-0.39, 0.29) is 86.7 Å². The third-order valence-electron chi connectivity index (χ3n) is 4.58. The Balaban J connectivity index is -0.000000441. The van der Waals surface area contributed by atoms with E-state index >= 15 is 0 Å². The average Bonchev–Trinajstić information content (AvgIpc) is 2.60. The molecule has 4 nitrogen and oxygen atoms in total. The third kappa shape index (κ3) is 18.3. The Hall–Kier alpha value is 0.940. The molecule has 0 aliphatic rings. The van der Waals surface area contributed by atoms with Crippen LogP contribution in [0, 0.1) is 11.8 Å². The minimum absolute atomic E-state index is 0. The van der Waals surface area contributed by atoms with Gasteiger partial charge in [-0.2, -0.15) is 0 Å². The Kier molecular flexibility index (Phi) is 27.0. The van der Waals surface area contributed by atoms with Crippen molar-refractivity contribution in [2.45, 2.75) is 91.9 Å². The molecule has 0 aromatic rings. The molecule has 0 aliphatic heterocycles. The molecule has 26 heavy (non-hydrogen) atoms. The van der Waals surface area contributed by atoms with Gasteiger partial charge >= 0.3 is 71.1 Å². The normalized spacial score (nSPS) is 12.3. The first kappa shape index (κ1) is 31.6. The van der Waals surface area contributed by atoms with Crippen molar-refractivity contribution in [3.05, 3.63) is 0 Å². The maximum atomic E-state index is 11.7. The van der Waals surface area contributed by atoms with E-state index in [1.807, 2.05) is 0 Å². The molecule has 0 fully saturated rings. The Morgan fingerprint density at radius 1 is 0.731 bits per heavy atom. The quantitative estimate of drug-likeness (QED) is 0.280. The summed E-state index contributed by atoms with van der Waals surface area (Å²) in [5.74, 6) is 0.286. The maximum Gasteiger partial charge on any atom is 1.00 e. The van der Waals surface area contributed by atoms with Crippen LogP contribution in [0.4, 0.5) is 0 Å². The SMILES string of the molecule is CCCCC(CC)COC(=O)CCC(=O)OCC(CC)CCCC.[H-].[H-].[Na+].[Na+]. The molecule has 0 bridgehead atoms. The van der Waals surface area contributed by atoms with Gasteiger partial charge in [-0.15, -0.1) is 0 Å². The number of unbranched alkanes of at least 4 members (excludes halogenated alkanes) is 2. The number of carbonyl (C=O) groups is 2. The zero-order valence-electron chi connectivity index (χ0n) is 20.3. The molecule has 0 N–H and O–H groups in total. The third-order valence-corrected chi connectivity index (χ3v) is 4.58. The Labute approximate surface area is 208 Å². The summed E-state index contributed by atoms with van der Waals surface area (Å²) in [7, 11) is 0. The van der Waals surface area contributed by atoms with Crippen molar-refractivity contribution in [3.8, 4) is 0 Å². The van der Waals surface area contributed by atoms with Gasteiger partial charge in [0.25, 0.3) is 0 Å². The van der Waals surface area contributed by atoms with Crippen LogP contribution >= 0.6 is 0 Å². The van der Waals surface area contributed by atoms with Gasteiger partial charge in [-0.1, -0.05) is 66.2 Å². The molecule has 2 unspecified atom stereocenters. The molecule has 0 amide bonds. The molecule has 0 spiro atoms. The van der Waals surface area contributed by atoms with E-state index in [0.717, 1.165) is 38.5 Å². The molecule has 0 aliphatic carbocycles. The first-order chi connectivity index (χ1) is 11.6. The van der Waals surface area contributed by atoms with Gasteiger partial charge in [0, 0.05) is 0 Å². The summed E-state index contributed by atoms with van der Waals surface area (Å²) < 4.78 is 10.6. The molecule has 0 radical (unpaired) electrons. The van der Waals surface area contributed by atoms with Crippen LogP contribution in [-0.4, -0.2) is 25.2 Å². The van der Waals surface area contributed by atoms with Crippen LogP contribution in [0.2, 0.25) is 0 Å². The molecule has 0 saturated carbocycles. The predicted molar refractivity (Wildman–Crippen MR) is 100.0 cm³/mol. The van der Waals surface area contributed by atoms with E-state index in [0.29, 0.717) is 25.0 Å². The number of rotatable bonds is 15. The van der Waals surface area contributed by atoms with Crippen LogP contribution < -0.4 is 59.1 Å². The molecular formula is C20H40Na2O4. The van der Waals surface area contributed by atoms with E-state index in [9.17, 15) is 9.59 Å². The molecule has 0 aromatic carbocycles. The van der Waals surface area contributed by atoms with E-state index < -0.39 is 0 Å². The molecule has 0 rings (SSSR count). The summed E-state index contributed by atoms with van der Waals surface area (Å²) in [6, 6.07) is 0. The molecule has 0 aromatic heterocycles. The first-order valence-corrected chi connectivity index (χ1v) is 9.88. The summed E-state index contributed by atoms with van der Waals surface area (Å²) in [5, 5.41) is 0. The van der Waals surface area contributed by atoms with Crippen LogP contribution in [0.5, 0.6) is 0 Å². The minimum atomic E-state index is -0.292. The Morgan fingerprint density at radius 2 is 1.08 bits per heavy atom. The van der Waals surface area contributed by atoms with Crippen LogP contribution in [0.15, 0.2) is 0 Å². The monoisotopic (exact) mass is 390 g/mol. The Bertz CT molecular complexity index is 316. The van der Waals surface area contributed by atoms with Crippen LogP contribution in [-0.2, 0) is 19.1 Å². The van der Waals surface area contributed by atoms with Crippen LogP contribution in [0.3, 0.4) is 0 Å². The van der Waals surface area contributed by atoms with Gasteiger partial charge in [-0.05, 0) is 24.7 Å². The number of esters is 2. The van der Waals surface area contributed by atoms with Crippen molar-refractivity contribution < 1.29 is 81.0 Å². The molecular weight excluding hydrogens is 350 g/mol. The van der Waals surface area contributed by atoms with Gasteiger partial charge < -0.3 is 12.3 Å². The number of carbonyl (C=O) groups excluding carboxylic acids is 2. The van der Waals surface area contributed by atoms with Gasteiger partial charge in [0.2, 0.25) is 0 Å². The predicted octanol–water partition coefficient (Wildman–Crippen LogP) is -0.481. The molecule has 6 heteroatoms. The fourth-order valence-corrected chi connectivity index (χ4v) is 2.57. The van der Waals surface area contributed by atoms with Gasteiger partial charge in [0.1, 0.15) is 0 Å². The fraction of sp³-hybridized carbons (Fsp3) is 0.900. The standard InChI is InChI=1S/C20H38O4.2Na.2H/c1-5-9-11-17(7-3)15-23-19(21)13-14-20(22)24-16-18(8-4)12-10-6-2;;;;/h17-18H,5-16H2,1-4H3;;;;/q;2*+1;2*-1. The van der Waals surface area contributed by atoms with E-state index in [2.05, 4.69) is 27.7 Å². The van der Waals surface area contributed by atoms with Crippen molar-refractivity contribution in [1.82, 2.24) is 0 Å². The van der Waals surface area contributed by atoms with E-state index in [1.54, 1.807) is 0 Å². The van der Waals surface area contributed by atoms with E-state index in [4.69, 9.17) is 9.47 Å². The second-order valence-corrected chi connectivity index (χ2v) is 6.70. The van der Waals surface area contributed by atoms with Crippen LogP contribution in [0.25, 0.3) is 0 Å². The fourth-order valence-electron chi connectivity index (χ4n) is 2.57. The van der Waals surface area contributed by atoms with E-state index in [1.165, 1.54) is 12.8 Å². The molecule has 2 atom stereocenters. The zero-order chi connectivity index (χ0) is 18.2. The topological polar surface area (TPSA) is 52.6 Å². The molecule has 0 heterocycles. The van der Waals surface area contributed by atoms with Crippen molar-refractivity contribution in [1.29, 1.82) is 0 Å². The number of ether oxygens (including phenoxy) is 2. The summed E-state index contributed by atoms with van der Waals surface area (Å²) in [4.78, 5) is 23.5. The largest absolute Gasteiger partial charge is 1.00 e. The second kappa shape index (κ2) is 22.2. The van der Waals surface area contributed by atoms with Gasteiger partial charge in [-0.3, -0.25) is 9.59 Å². The Morgan fingerprint density at radius 3 is 1.35 bits per heavy atom. The summed E-state index contributed by atoms with van der Waals surface area (Å²) >= 11 is 0. The molecule has 0 saturated heterocycles. The van der Waals surface area contributed by atoms with Gasteiger partial charge in [-0.25, -0.2) is 0 Å². The second-order valence-electron chi connectivity index (χ2n) is 6.70. The van der Waals surface area contributed by atoms with Gasteiger partial charge in [0.05, 0.1) is 26.1 Å². The maximum absolute atomic E-state index is 11.7. The number of hydrogen-bond donors (Lipinski definition) is 0. The van der Waals surface area contributed by atoms with Crippen LogP contribution in [0.1, 0.15) is 94.8 Å². The van der Waals surface area contributed by atoms with Crippen molar-refractivity contribution in [2.75, 3.05) is 13.2 Å². The smallest absolute Gasteiger partial charge is 1.00 e. The summed E-state index contributed by atoms with van der Waals surface area (Å²) in [6.07, 6.45) is 9.12. The summed E-state index contributed by atoms with van der Waals surface area (Å²) in [5.41, 5.74) is 0. The van der Waals surface area contributed by atoms with Crippen molar-refractivity contribution in [3.63, 3.8) is 0 Å². The molecule has 146 valence electrons. The van der Waals surface area contributed by atoms with Crippen molar-refractivity contribution in [2.24, 2.45) is 11.8 Å². The first-order valence-electron chi connectivity index (χ1n) is 9.88.